The van der Waals surface area contributed by atoms with Crippen molar-refractivity contribution in [2.24, 2.45) is 5.92 Å². The summed E-state index contributed by atoms with van der Waals surface area (Å²) >= 11 is 0. The van der Waals surface area contributed by atoms with Crippen LogP contribution in [-0.4, -0.2) is 47.1 Å². The SMILES string of the molecule is C[C@@H](CCCCNC(=O)CCCC(=O)NCCCCCCCCCCCCCCC(=O)O)C(=O)O.[HH]. The highest BCUT2D eigenvalue weighted by atomic mass is 16.4. The first-order chi connectivity index (χ1) is 16.8. The summed E-state index contributed by atoms with van der Waals surface area (Å²) < 4.78 is 0. The highest BCUT2D eigenvalue weighted by Crippen LogP contribution is 2.12. The largest absolute Gasteiger partial charge is 0.481 e. The van der Waals surface area contributed by atoms with Gasteiger partial charge in [0.05, 0.1) is 5.92 Å². The smallest absolute Gasteiger partial charge is 0.306 e. The Bertz CT molecular complexity index is 589. The minimum atomic E-state index is -0.783. The maximum Gasteiger partial charge on any atom is 0.306 e. The van der Waals surface area contributed by atoms with Crippen LogP contribution < -0.4 is 10.6 Å². The Morgan fingerprint density at radius 2 is 0.971 bits per heavy atom. The van der Waals surface area contributed by atoms with Gasteiger partial charge >= 0.3 is 11.9 Å². The van der Waals surface area contributed by atoms with Gasteiger partial charge in [0.15, 0.2) is 0 Å². The Morgan fingerprint density at radius 3 is 1.40 bits per heavy atom. The molecule has 0 unspecified atom stereocenters. The molecule has 8 nitrogen and oxygen atoms in total. The van der Waals surface area contributed by atoms with Crippen LogP contribution in [0.15, 0.2) is 0 Å². The second-order valence-corrected chi connectivity index (χ2v) is 9.67. The lowest BCUT2D eigenvalue weighted by Crippen LogP contribution is -2.26. The van der Waals surface area contributed by atoms with E-state index >= 15 is 0 Å². The second kappa shape index (κ2) is 23.6. The summed E-state index contributed by atoms with van der Waals surface area (Å²) in [7, 11) is 0. The number of carbonyl (C=O) groups is 4. The van der Waals surface area contributed by atoms with Crippen LogP contribution in [0.1, 0.15) is 130 Å². The second-order valence-electron chi connectivity index (χ2n) is 9.67. The molecule has 0 bridgehead atoms. The third-order valence-corrected chi connectivity index (χ3v) is 6.25. The van der Waals surface area contributed by atoms with Crippen molar-refractivity contribution in [1.82, 2.24) is 10.6 Å². The van der Waals surface area contributed by atoms with Gasteiger partial charge in [0.2, 0.25) is 11.8 Å². The van der Waals surface area contributed by atoms with E-state index in [1.165, 1.54) is 44.9 Å². The predicted octanol–water partition coefficient (Wildman–Crippen LogP) is 5.68. The molecule has 0 aliphatic rings. The fourth-order valence-electron chi connectivity index (χ4n) is 3.91. The average molecular weight is 501 g/mol. The highest BCUT2D eigenvalue weighted by molar-refractivity contribution is 5.78. The number of hydrogen-bond acceptors (Lipinski definition) is 4. The fraction of sp³-hybridized carbons (Fsp3) is 0.852. The Hall–Kier alpha value is -2.12. The van der Waals surface area contributed by atoms with Crippen LogP contribution in [0.4, 0.5) is 0 Å². The van der Waals surface area contributed by atoms with Crippen molar-refractivity contribution in [1.29, 1.82) is 0 Å². The summed E-state index contributed by atoms with van der Waals surface area (Å²) in [5.41, 5.74) is 0. The summed E-state index contributed by atoms with van der Waals surface area (Å²) in [5, 5.41) is 23.2. The van der Waals surface area contributed by atoms with Gasteiger partial charge in [0, 0.05) is 33.8 Å². The first-order valence-electron chi connectivity index (χ1n) is 13.8. The van der Waals surface area contributed by atoms with Crippen molar-refractivity contribution in [3.63, 3.8) is 0 Å². The number of aliphatic carboxylic acids is 2. The fourth-order valence-corrected chi connectivity index (χ4v) is 3.91. The zero-order valence-corrected chi connectivity index (χ0v) is 22.0. The van der Waals surface area contributed by atoms with E-state index in [0.717, 1.165) is 44.9 Å². The lowest BCUT2D eigenvalue weighted by atomic mass is 10.0. The maximum absolute atomic E-state index is 11.9. The van der Waals surface area contributed by atoms with Gasteiger partial charge in [-0.05, 0) is 32.1 Å². The molecule has 0 aromatic rings. The quantitative estimate of drug-likeness (QED) is 0.119. The Labute approximate surface area is 213 Å². The summed E-state index contributed by atoms with van der Waals surface area (Å²) in [4.78, 5) is 44.8. The van der Waals surface area contributed by atoms with Crippen LogP contribution in [0, 0.1) is 5.92 Å². The topological polar surface area (TPSA) is 133 Å². The van der Waals surface area contributed by atoms with E-state index < -0.39 is 11.9 Å². The van der Waals surface area contributed by atoms with Crippen molar-refractivity contribution in [3.05, 3.63) is 0 Å². The Balaban J connectivity index is 0. The molecule has 0 aromatic carbocycles. The molecule has 0 fully saturated rings. The first-order valence-corrected chi connectivity index (χ1v) is 13.8. The predicted molar refractivity (Wildman–Crippen MR) is 140 cm³/mol. The minimum Gasteiger partial charge on any atom is -0.481 e. The maximum atomic E-state index is 11.9. The summed E-state index contributed by atoms with van der Waals surface area (Å²) in [6, 6.07) is 0. The number of amides is 2. The molecule has 0 spiro atoms. The average Bonchev–Trinajstić information content (AvgIpc) is 2.80. The first kappa shape index (κ1) is 32.9. The van der Waals surface area contributed by atoms with E-state index in [1.54, 1.807) is 6.92 Å². The molecule has 206 valence electrons. The van der Waals surface area contributed by atoms with Crippen LogP contribution >= 0.6 is 0 Å². The molecule has 0 aromatic heterocycles. The van der Waals surface area contributed by atoms with Crippen LogP contribution in [0.25, 0.3) is 0 Å². The zero-order valence-electron chi connectivity index (χ0n) is 22.0. The summed E-state index contributed by atoms with van der Waals surface area (Å²) in [6.45, 7) is 2.93. The molecule has 2 amide bonds. The van der Waals surface area contributed by atoms with Crippen LogP contribution in [0.3, 0.4) is 0 Å². The lowest BCUT2D eigenvalue weighted by molar-refractivity contribution is -0.141. The number of carbonyl (C=O) groups excluding carboxylic acids is 2. The standard InChI is InChI=1S/C27H50N2O6.H2/c1-23(27(34)35)17-13-15-22-29-25(31)19-16-18-24(30)28-21-14-11-9-7-5-3-2-4-6-8-10-12-20-26(32)33;/h23H,2-22H2,1H3,(H,28,30)(H,29,31)(H,32,33)(H,34,35);1H/t23-;/m0./s1. The third kappa shape index (κ3) is 24.8. The number of unbranched alkanes of at least 4 members (excludes halogenated alkanes) is 12. The van der Waals surface area contributed by atoms with E-state index in [2.05, 4.69) is 10.6 Å². The van der Waals surface area contributed by atoms with E-state index in [0.29, 0.717) is 45.2 Å². The molecule has 0 aliphatic heterocycles. The summed E-state index contributed by atoms with van der Waals surface area (Å²) in [6.07, 6.45) is 17.4. The molecule has 0 saturated carbocycles. The van der Waals surface area contributed by atoms with E-state index in [4.69, 9.17) is 10.2 Å². The van der Waals surface area contributed by atoms with Crippen LogP contribution in [-0.2, 0) is 19.2 Å². The molecule has 0 saturated heterocycles. The van der Waals surface area contributed by atoms with Gasteiger partial charge in [0.25, 0.3) is 0 Å². The molecular formula is C27H52N2O6. The van der Waals surface area contributed by atoms with Gasteiger partial charge in [-0.2, -0.15) is 0 Å². The lowest BCUT2D eigenvalue weighted by Gasteiger charge is -2.08. The van der Waals surface area contributed by atoms with E-state index in [-0.39, 0.29) is 19.2 Å². The Kier molecular flexibility index (Phi) is 22.2. The molecule has 35 heavy (non-hydrogen) atoms. The van der Waals surface area contributed by atoms with Gasteiger partial charge in [-0.3, -0.25) is 19.2 Å². The molecule has 0 aliphatic carbocycles. The van der Waals surface area contributed by atoms with Crippen molar-refractivity contribution in [3.8, 4) is 0 Å². The van der Waals surface area contributed by atoms with Crippen LogP contribution in [0.5, 0.6) is 0 Å². The van der Waals surface area contributed by atoms with E-state index in [1.807, 2.05) is 0 Å². The number of hydrogen-bond donors (Lipinski definition) is 4. The Morgan fingerprint density at radius 1 is 0.571 bits per heavy atom. The normalized spacial score (nSPS) is 11.7. The van der Waals surface area contributed by atoms with Crippen molar-refractivity contribution in [2.45, 2.75) is 129 Å². The van der Waals surface area contributed by atoms with Gasteiger partial charge in [0.1, 0.15) is 0 Å². The third-order valence-electron chi connectivity index (χ3n) is 6.25. The van der Waals surface area contributed by atoms with E-state index in [9.17, 15) is 19.2 Å². The summed E-state index contributed by atoms with van der Waals surface area (Å²) in [5.74, 6) is -1.88. The highest BCUT2D eigenvalue weighted by Gasteiger charge is 2.10. The molecule has 0 heterocycles. The van der Waals surface area contributed by atoms with Gasteiger partial charge in [-0.25, -0.2) is 0 Å². The molecule has 8 heteroatoms. The minimum absolute atomic E-state index is 0. The van der Waals surface area contributed by atoms with Gasteiger partial charge < -0.3 is 20.8 Å². The monoisotopic (exact) mass is 500 g/mol. The molecule has 4 N–H and O–H groups in total. The van der Waals surface area contributed by atoms with Crippen molar-refractivity contribution >= 4 is 23.8 Å². The van der Waals surface area contributed by atoms with Gasteiger partial charge in [-0.15, -0.1) is 0 Å². The zero-order chi connectivity index (χ0) is 26.2. The number of carboxylic acids is 2. The van der Waals surface area contributed by atoms with Crippen LogP contribution in [0.2, 0.25) is 0 Å². The number of carboxylic acid groups (broad SMARTS) is 2. The van der Waals surface area contributed by atoms with Gasteiger partial charge in [-0.1, -0.05) is 77.6 Å². The number of nitrogens with one attached hydrogen (secondary N) is 2. The van der Waals surface area contributed by atoms with Crippen molar-refractivity contribution < 1.29 is 30.8 Å². The molecule has 1 atom stereocenters. The molecule has 0 radical (unpaired) electrons. The number of rotatable bonds is 25. The van der Waals surface area contributed by atoms with Crippen molar-refractivity contribution in [2.75, 3.05) is 13.1 Å². The molecular weight excluding hydrogens is 448 g/mol. The molecule has 0 rings (SSSR count).